The van der Waals surface area contributed by atoms with Gasteiger partial charge in [-0.3, -0.25) is 14.5 Å². The summed E-state index contributed by atoms with van der Waals surface area (Å²) in [6.45, 7) is 3.11. The zero-order chi connectivity index (χ0) is 24.0. The molecule has 1 saturated heterocycles. The van der Waals surface area contributed by atoms with E-state index >= 15 is 0 Å². The van der Waals surface area contributed by atoms with Crippen LogP contribution in [0.5, 0.6) is 0 Å². The summed E-state index contributed by atoms with van der Waals surface area (Å²) in [7, 11) is 0. The number of rotatable bonds is 4. The number of nitrogens with one attached hydrogen (secondary N) is 2. The van der Waals surface area contributed by atoms with Gasteiger partial charge in [-0.1, -0.05) is 19.1 Å². The van der Waals surface area contributed by atoms with Crippen LogP contribution < -0.4 is 10.6 Å². The Bertz CT molecular complexity index is 1100. The quantitative estimate of drug-likeness (QED) is 0.677. The molecule has 1 aliphatic heterocycles. The number of carbonyl (C=O) groups is 3. The topological polar surface area (TPSA) is 96.3 Å². The van der Waals surface area contributed by atoms with Crippen LogP contribution in [-0.2, 0) is 15.8 Å². The van der Waals surface area contributed by atoms with Gasteiger partial charge >= 0.3 is 12.2 Å². The molecule has 1 spiro atoms. The summed E-state index contributed by atoms with van der Waals surface area (Å²) in [6, 6.07) is 5.65. The van der Waals surface area contributed by atoms with E-state index in [4.69, 9.17) is 0 Å². The molecule has 1 saturated carbocycles. The third-order valence-electron chi connectivity index (χ3n) is 6.21. The summed E-state index contributed by atoms with van der Waals surface area (Å²) in [6.07, 6.45) is -2.01. The van der Waals surface area contributed by atoms with Crippen molar-refractivity contribution < 1.29 is 27.6 Å². The number of hydrogen-bond acceptors (Lipinski definition) is 4. The highest BCUT2D eigenvalue weighted by molar-refractivity contribution is 6.10. The standard InChI is InChI=1S/C22H24F3N5O3/c1-13-7-9-21(10-8-13)19(32)29(20(33)27-21)12-18(31)26-17-11-14(2)28-30(17)16-6-4-3-5-15(16)22(23,24)25/h3-6,11,13H,7-10,12H2,1-2H3,(H,26,31)(H,27,33). The summed E-state index contributed by atoms with van der Waals surface area (Å²) >= 11 is 0. The second-order valence-corrected chi connectivity index (χ2v) is 8.73. The summed E-state index contributed by atoms with van der Waals surface area (Å²) in [5.41, 5.74) is -1.76. The predicted molar refractivity (Wildman–Crippen MR) is 113 cm³/mol. The van der Waals surface area contributed by atoms with Crippen LogP contribution in [0.4, 0.5) is 23.8 Å². The average molecular weight is 463 g/mol. The van der Waals surface area contributed by atoms with Crippen LogP contribution in [0.2, 0.25) is 0 Å². The fourth-order valence-electron chi connectivity index (χ4n) is 4.41. The van der Waals surface area contributed by atoms with E-state index in [2.05, 4.69) is 22.7 Å². The van der Waals surface area contributed by atoms with E-state index in [1.807, 2.05) is 0 Å². The minimum Gasteiger partial charge on any atom is -0.323 e. The number of amides is 4. The Morgan fingerprint density at radius 3 is 2.58 bits per heavy atom. The van der Waals surface area contributed by atoms with Crippen molar-refractivity contribution in [2.45, 2.75) is 51.2 Å². The number of carbonyl (C=O) groups excluding carboxylic acids is 3. The van der Waals surface area contributed by atoms with Gasteiger partial charge in [-0.05, 0) is 50.7 Å². The van der Waals surface area contributed by atoms with Crippen LogP contribution in [0.3, 0.4) is 0 Å². The number of para-hydroxylation sites is 1. The molecule has 8 nitrogen and oxygen atoms in total. The van der Waals surface area contributed by atoms with Gasteiger partial charge in [0.15, 0.2) is 0 Å². The number of hydrogen-bond donors (Lipinski definition) is 2. The van der Waals surface area contributed by atoms with Crippen LogP contribution in [0.15, 0.2) is 30.3 Å². The molecule has 0 unspecified atom stereocenters. The van der Waals surface area contributed by atoms with Crippen LogP contribution in [0, 0.1) is 12.8 Å². The van der Waals surface area contributed by atoms with Crippen molar-refractivity contribution >= 4 is 23.7 Å². The van der Waals surface area contributed by atoms with Gasteiger partial charge in [-0.15, -0.1) is 0 Å². The number of alkyl halides is 3. The molecular formula is C22H24F3N5O3. The zero-order valence-electron chi connectivity index (χ0n) is 18.2. The van der Waals surface area contributed by atoms with E-state index < -0.39 is 41.7 Å². The molecule has 2 N–H and O–H groups in total. The summed E-state index contributed by atoms with van der Waals surface area (Å²) in [4.78, 5) is 39.0. The van der Waals surface area contributed by atoms with Gasteiger partial charge in [0.1, 0.15) is 17.9 Å². The highest BCUT2D eigenvalue weighted by Crippen LogP contribution is 2.37. The molecular weight excluding hydrogens is 439 g/mol. The first-order chi connectivity index (χ1) is 15.5. The lowest BCUT2D eigenvalue weighted by molar-refractivity contribution is -0.137. The molecule has 4 rings (SSSR count). The SMILES string of the molecule is Cc1cc(NC(=O)CN2C(=O)NC3(CCC(C)CC3)C2=O)n(-c2ccccc2C(F)(F)F)n1. The molecule has 1 aromatic heterocycles. The lowest BCUT2D eigenvalue weighted by Crippen LogP contribution is -2.49. The van der Waals surface area contributed by atoms with E-state index in [0.717, 1.165) is 28.5 Å². The monoisotopic (exact) mass is 463 g/mol. The van der Waals surface area contributed by atoms with Crippen molar-refractivity contribution in [2.24, 2.45) is 5.92 Å². The summed E-state index contributed by atoms with van der Waals surface area (Å²) < 4.78 is 41.4. The Kier molecular flexibility index (Phi) is 5.67. The van der Waals surface area contributed by atoms with Crippen molar-refractivity contribution in [3.63, 3.8) is 0 Å². The molecule has 1 aliphatic carbocycles. The molecule has 0 atom stereocenters. The van der Waals surface area contributed by atoms with Crippen LogP contribution in [0.1, 0.15) is 43.9 Å². The van der Waals surface area contributed by atoms with E-state index in [1.54, 1.807) is 6.92 Å². The van der Waals surface area contributed by atoms with Gasteiger partial charge in [0.25, 0.3) is 5.91 Å². The number of aromatic nitrogens is 2. The number of anilines is 1. The molecule has 0 bridgehead atoms. The van der Waals surface area contributed by atoms with Gasteiger partial charge in [0.05, 0.1) is 16.9 Å². The maximum atomic E-state index is 13.5. The maximum Gasteiger partial charge on any atom is 0.418 e. The first-order valence-electron chi connectivity index (χ1n) is 10.7. The minimum atomic E-state index is -4.62. The van der Waals surface area contributed by atoms with Gasteiger partial charge in [0, 0.05) is 6.07 Å². The Morgan fingerprint density at radius 2 is 1.91 bits per heavy atom. The van der Waals surface area contributed by atoms with Gasteiger partial charge in [0.2, 0.25) is 5.91 Å². The molecule has 0 radical (unpaired) electrons. The molecule has 2 aliphatic rings. The number of benzene rings is 1. The fourth-order valence-corrected chi connectivity index (χ4v) is 4.41. The molecule has 1 aromatic carbocycles. The molecule has 176 valence electrons. The Labute approximate surface area is 188 Å². The maximum absolute atomic E-state index is 13.5. The van der Waals surface area contributed by atoms with E-state index in [-0.39, 0.29) is 11.5 Å². The molecule has 2 fully saturated rings. The van der Waals surface area contributed by atoms with Crippen LogP contribution in [-0.4, -0.2) is 44.6 Å². The fraction of sp³-hybridized carbons (Fsp3) is 0.455. The second kappa shape index (κ2) is 8.20. The molecule has 4 amide bonds. The summed E-state index contributed by atoms with van der Waals surface area (Å²) in [5.74, 6) is -0.699. The van der Waals surface area contributed by atoms with Gasteiger partial charge in [-0.2, -0.15) is 18.3 Å². The van der Waals surface area contributed by atoms with Crippen molar-refractivity contribution in [1.82, 2.24) is 20.0 Å². The van der Waals surface area contributed by atoms with Gasteiger partial charge in [-0.25, -0.2) is 9.48 Å². The lowest BCUT2D eigenvalue weighted by atomic mass is 9.77. The Balaban J connectivity index is 1.53. The third kappa shape index (κ3) is 4.31. The number of imide groups is 1. The first-order valence-corrected chi connectivity index (χ1v) is 10.7. The van der Waals surface area contributed by atoms with E-state index in [9.17, 15) is 27.6 Å². The smallest absolute Gasteiger partial charge is 0.323 e. The third-order valence-corrected chi connectivity index (χ3v) is 6.21. The predicted octanol–water partition coefficient (Wildman–Crippen LogP) is 3.64. The molecule has 2 aromatic rings. The first kappa shape index (κ1) is 22.8. The van der Waals surface area contributed by atoms with Crippen molar-refractivity contribution in [2.75, 3.05) is 11.9 Å². The van der Waals surface area contributed by atoms with Crippen molar-refractivity contribution in [1.29, 1.82) is 0 Å². The van der Waals surface area contributed by atoms with Crippen molar-refractivity contribution in [3.05, 3.63) is 41.6 Å². The van der Waals surface area contributed by atoms with Crippen molar-refractivity contribution in [3.8, 4) is 5.69 Å². The van der Waals surface area contributed by atoms with Gasteiger partial charge < -0.3 is 10.6 Å². The molecule has 11 heteroatoms. The second-order valence-electron chi connectivity index (χ2n) is 8.73. The summed E-state index contributed by atoms with van der Waals surface area (Å²) in [5, 5.41) is 9.32. The highest BCUT2D eigenvalue weighted by atomic mass is 19.4. The molecule has 33 heavy (non-hydrogen) atoms. The number of halogens is 3. The number of urea groups is 1. The normalized spacial score (nSPS) is 23.2. The average Bonchev–Trinajstić information content (AvgIpc) is 3.22. The van der Waals surface area contributed by atoms with Crippen LogP contribution in [0.25, 0.3) is 5.69 Å². The number of nitrogens with zero attached hydrogens (tertiary/aromatic N) is 3. The Hall–Kier alpha value is -3.37. The largest absolute Gasteiger partial charge is 0.418 e. The Morgan fingerprint density at radius 1 is 1.24 bits per heavy atom. The highest BCUT2D eigenvalue weighted by Gasteiger charge is 2.52. The molecule has 2 heterocycles. The zero-order valence-corrected chi connectivity index (χ0v) is 18.2. The number of aryl methyl sites for hydroxylation is 1. The lowest BCUT2D eigenvalue weighted by Gasteiger charge is -2.33. The van der Waals surface area contributed by atoms with Crippen LogP contribution >= 0.6 is 0 Å². The van der Waals surface area contributed by atoms with E-state index in [1.165, 1.54) is 24.3 Å². The minimum absolute atomic E-state index is 0.00228. The van der Waals surface area contributed by atoms with E-state index in [0.29, 0.717) is 24.5 Å².